The summed E-state index contributed by atoms with van der Waals surface area (Å²) in [5.41, 5.74) is -0.0685. The van der Waals surface area contributed by atoms with Crippen molar-refractivity contribution in [1.29, 1.82) is 0 Å². The molecular formula is C12H23NO3. The van der Waals surface area contributed by atoms with Gasteiger partial charge in [-0.15, -0.1) is 0 Å². The maximum absolute atomic E-state index is 11.4. The molecule has 0 unspecified atom stereocenters. The number of ether oxygens (including phenoxy) is 1. The Hall–Kier alpha value is -0.610. The number of hydrogen-bond acceptors (Lipinski definition) is 3. The van der Waals surface area contributed by atoms with Crippen LogP contribution in [-0.4, -0.2) is 37.9 Å². The summed E-state index contributed by atoms with van der Waals surface area (Å²) in [7, 11) is 1.59. The molecule has 94 valence electrons. The van der Waals surface area contributed by atoms with E-state index in [1.54, 1.807) is 7.11 Å². The summed E-state index contributed by atoms with van der Waals surface area (Å²) in [5.74, 6) is 0.0141. The van der Waals surface area contributed by atoms with Gasteiger partial charge in [0.2, 0.25) is 5.91 Å². The molecular weight excluding hydrogens is 206 g/mol. The van der Waals surface area contributed by atoms with Gasteiger partial charge in [-0.25, -0.2) is 0 Å². The van der Waals surface area contributed by atoms with Crippen LogP contribution in [-0.2, 0) is 9.53 Å². The lowest BCUT2D eigenvalue weighted by Crippen LogP contribution is -2.41. The molecule has 2 N–H and O–H groups in total. The molecule has 0 atom stereocenters. The molecule has 0 heterocycles. The van der Waals surface area contributed by atoms with Crippen molar-refractivity contribution < 1.29 is 14.6 Å². The van der Waals surface area contributed by atoms with Gasteiger partial charge in [0, 0.05) is 25.5 Å². The third-order valence-electron chi connectivity index (χ3n) is 3.44. The van der Waals surface area contributed by atoms with Crippen molar-refractivity contribution in [2.24, 2.45) is 5.41 Å². The Morgan fingerprint density at radius 1 is 1.38 bits per heavy atom. The van der Waals surface area contributed by atoms with Gasteiger partial charge in [0.1, 0.15) is 0 Å². The number of hydrogen-bond donors (Lipinski definition) is 2. The van der Waals surface area contributed by atoms with Gasteiger partial charge in [0.15, 0.2) is 0 Å². The fourth-order valence-corrected chi connectivity index (χ4v) is 2.26. The minimum Gasteiger partial charge on any atom is -0.396 e. The van der Waals surface area contributed by atoms with Crippen LogP contribution in [0.25, 0.3) is 0 Å². The topological polar surface area (TPSA) is 58.6 Å². The summed E-state index contributed by atoms with van der Waals surface area (Å²) in [6.45, 7) is 1.24. The minimum absolute atomic E-state index is 0.0141. The highest BCUT2D eigenvalue weighted by Gasteiger charge is 2.31. The molecule has 1 rings (SSSR count). The van der Waals surface area contributed by atoms with Crippen LogP contribution in [0.4, 0.5) is 0 Å². The summed E-state index contributed by atoms with van der Waals surface area (Å²) < 4.78 is 4.85. The molecule has 1 amide bonds. The Labute approximate surface area is 97.4 Å². The summed E-state index contributed by atoms with van der Waals surface area (Å²) in [4.78, 5) is 11.4. The molecule has 0 aromatic heterocycles. The lowest BCUT2D eigenvalue weighted by atomic mass is 9.74. The number of rotatable bonds is 6. The van der Waals surface area contributed by atoms with E-state index in [1.165, 1.54) is 6.42 Å². The Kier molecular flexibility index (Phi) is 5.77. The maximum atomic E-state index is 11.4. The highest BCUT2D eigenvalue weighted by Crippen LogP contribution is 2.35. The first kappa shape index (κ1) is 13.5. The Bertz CT molecular complexity index is 212. The van der Waals surface area contributed by atoms with Gasteiger partial charge in [-0.05, 0) is 12.8 Å². The first-order valence-electron chi connectivity index (χ1n) is 6.09. The summed E-state index contributed by atoms with van der Waals surface area (Å²) in [5, 5.41) is 12.4. The first-order chi connectivity index (χ1) is 7.72. The van der Waals surface area contributed by atoms with Crippen LogP contribution in [0.5, 0.6) is 0 Å². The number of aliphatic hydroxyl groups excluding tert-OH is 1. The summed E-state index contributed by atoms with van der Waals surface area (Å²) >= 11 is 0. The van der Waals surface area contributed by atoms with E-state index in [0.717, 1.165) is 25.7 Å². The van der Waals surface area contributed by atoms with E-state index < -0.39 is 0 Å². The first-order valence-corrected chi connectivity index (χ1v) is 6.09. The predicted octanol–water partition coefficient (Wildman–Crippen LogP) is 1.08. The molecule has 16 heavy (non-hydrogen) atoms. The van der Waals surface area contributed by atoms with Crippen molar-refractivity contribution in [3.63, 3.8) is 0 Å². The van der Waals surface area contributed by atoms with Crippen molar-refractivity contribution in [2.45, 2.75) is 38.5 Å². The van der Waals surface area contributed by atoms with Crippen molar-refractivity contribution in [3.8, 4) is 0 Å². The molecule has 0 aromatic carbocycles. The smallest absolute Gasteiger partial charge is 0.222 e. The van der Waals surface area contributed by atoms with Crippen molar-refractivity contribution in [2.75, 3.05) is 26.9 Å². The van der Waals surface area contributed by atoms with Crippen LogP contribution in [0, 0.1) is 5.41 Å². The van der Waals surface area contributed by atoms with Gasteiger partial charge in [-0.2, -0.15) is 0 Å². The van der Waals surface area contributed by atoms with Gasteiger partial charge >= 0.3 is 0 Å². The largest absolute Gasteiger partial charge is 0.396 e. The van der Waals surface area contributed by atoms with Crippen LogP contribution in [0.3, 0.4) is 0 Å². The molecule has 1 saturated carbocycles. The Balaban J connectivity index is 2.30. The monoisotopic (exact) mass is 229 g/mol. The number of methoxy groups -OCH3 is 1. The molecule has 0 radical (unpaired) electrons. The second kappa shape index (κ2) is 6.86. The Morgan fingerprint density at radius 3 is 2.62 bits per heavy atom. The van der Waals surface area contributed by atoms with Crippen molar-refractivity contribution in [3.05, 3.63) is 0 Å². The fraction of sp³-hybridized carbons (Fsp3) is 0.917. The quantitative estimate of drug-likeness (QED) is 0.716. The van der Waals surface area contributed by atoms with E-state index in [2.05, 4.69) is 5.32 Å². The van der Waals surface area contributed by atoms with Gasteiger partial charge in [0.25, 0.3) is 0 Å². The second-order valence-corrected chi connectivity index (χ2v) is 4.74. The average molecular weight is 229 g/mol. The fourth-order valence-electron chi connectivity index (χ4n) is 2.26. The highest BCUT2D eigenvalue weighted by atomic mass is 16.5. The Morgan fingerprint density at radius 2 is 2.06 bits per heavy atom. The maximum Gasteiger partial charge on any atom is 0.222 e. The third kappa shape index (κ3) is 4.10. The summed E-state index contributed by atoms with van der Waals surface area (Å²) in [6.07, 6.45) is 6.02. The van der Waals surface area contributed by atoms with E-state index in [-0.39, 0.29) is 17.9 Å². The van der Waals surface area contributed by atoms with E-state index in [4.69, 9.17) is 4.74 Å². The zero-order valence-corrected chi connectivity index (χ0v) is 10.1. The molecule has 1 aliphatic rings. The summed E-state index contributed by atoms with van der Waals surface area (Å²) in [6, 6.07) is 0. The zero-order chi connectivity index (χ0) is 11.9. The predicted molar refractivity (Wildman–Crippen MR) is 62.1 cm³/mol. The number of amides is 1. The minimum atomic E-state index is -0.0685. The molecule has 0 bridgehead atoms. The SMILES string of the molecule is COCCC(=O)NCC1(CO)CCCCC1. The van der Waals surface area contributed by atoms with Gasteiger partial charge < -0.3 is 15.2 Å². The van der Waals surface area contributed by atoms with Crippen LogP contribution in [0.15, 0.2) is 0 Å². The number of carbonyl (C=O) groups excluding carboxylic acids is 1. The van der Waals surface area contributed by atoms with Crippen molar-refractivity contribution in [1.82, 2.24) is 5.32 Å². The lowest BCUT2D eigenvalue weighted by Gasteiger charge is -2.35. The lowest BCUT2D eigenvalue weighted by molar-refractivity contribution is -0.122. The van der Waals surface area contributed by atoms with Crippen LogP contribution in [0.2, 0.25) is 0 Å². The molecule has 1 fully saturated rings. The van der Waals surface area contributed by atoms with Gasteiger partial charge in [-0.3, -0.25) is 4.79 Å². The zero-order valence-electron chi connectivity index (χ0n) is 10.1. The molecule has 4 nitrogen and oxygen atoms in total. The van der Waals surface area contributed by atoms with Crippen LogP contribution in [0.1, 0.15) is 38.5 Å². The van der Waals surface area contributed by atoms with Crippen molar-refractivity contribution >= 4 is 5.91 Å². The van der Waals surface area contributed by atoms with E-state index >= 15 is 0 Å². The van der Waals surface area contributed by atoms with Gasteiger partial charge in [0.05, 0.1) is 13.2 Å². The van der Waals surface area contributed by atoms with E-state index in [0.29, 0.717) is 19.6 Å². The van der Waals surface area contributed by atoms with Gasteiger partial charge in [-0.1, -0.05) is 19.3 Å². The number of aliphatic hydroxyl groups is 1. The van der Waals surface area contributed by atoms with Crippen LogP contribution >= 0.6 is 0 Å². The molecule has 0 aliphatic heterocycles. The normalized spacial score (nSPS) is 19.4. The average Bonchev–Trinajstić information content (AvgIpc) is 2.35. The highest BCUT2D eigenvalue weighted by molar-refractivity contribution is 5.75. The van der Waals surface area contributed by atoms with E-state index in [1.807, 2.05) is 0 Å². The van der Waals surface area contributed by atoms with E-state index in [9.17, 15) is 9.90 Å². The molecule has 4 heteroatoms. The second-order valence-electron chi connectivity index (χ2n) is 4.74. The molecule has 0 aromatic rings. The number of carbonyl (C=O) groups is 1. The van der Waals surface area contributed by atoms with Crippen LogP contribution < -0.4 is 5.32 Å². The molecule has 1 aliphatic carbocycles. The standard InChI is InChI=1S/C12H23NO3/c1-16-8-5-11(15)13-9-12(10-14)6-3-2-4-7-12/h14H,2-10H2,1H3,(H,13,15). The number of nitrogens with one attached hydrogen (secondary N) is 1. The third-order valence-corrected chi connectivity index (χ3v) is 3.44. The molecule has 0 saturated heterocycles. The molecule has 0 spiro atoms.